The smallest absolute Gasteiger partial charge is 0.243 e. The maximum atomic E-state index is 12.1. The van der Waals surface area contributed by atoms with Gasteiger partial charge in [-0.3, -0.25) is 9.59 Å². The Hall–Kier alpha value is -2.87. The minimum absolute atomic E-state index is 0.0218. The minimum Gasteiger partial charge on any atom is -0.376 e. The predicted octanol–water partition coefficient (Wildman–Crippen LogP) is 4.91. The molecule has 0 saturated heterocycles. The molecule has 0 fully saturated rings. The van der Waals surface area contributed by atoms with Gasteiger partial charge in [-0.15, -0.1) is 0 Å². The van der Waals surface area contributed by atoms with E-state index in [2.05, 4.69) is 38.5 Å². The number of halogens is 1. The van der Waals surface area contributed by atoms with E-state index < -0.39 is 0 Å². The van der Waals surface area contributed by atoms with Crippen LogP contribution >= 0.6 is 22.6 Å². The predicted molar refractivity (Wildman–Crippen MR) is 126 cm³/mol. The second-order valence-electron chi connectivity index (χ2n) is 6.52. The first-order chi connectivity index (χ1) is 14.1. The van der Waals surface area contributed by atoms with Crippen LogP contribution in [0.25, 0.3) is 0 Å². The summed E-state index contributed by atoms with van der Waals surface area (Å²) in [6.45, 7) is 0.161. The van der Waals surface area contributed by atoms with Crippen molar-refractivity contribution in [1.82, 2.24) is 0 Å². The number of carbonyl (C=O) groups excluding carboxylic acids is 2. The van der Waals surface area contributed by atoms with Crippen molar-refractivity contribution in [1.29, 1.82) is 0 Å². The van der Waals surface area contributed by atoms with Crippen molar-refractivity contribution in [3.63, 3.8) is 0 Å². The minimum atomic E-state index is -0.121. The Bertz CT molecular complexity index is 942. The first-order valence-corrected chi connectivity index (χ1v) is 10.4. The Balaban J connectivity index is 1.41. The molecule has 0 saturated carbocycles. The van der Waals surface area contributed by atoms with Crippen molar-refractivity contribution in [2.75, 3.05) is 22.5 Å². The van der Waals surface area contributed by atoms with Crippen molar-refractivity contribution in [2.24, 2.45) is 0 Å². The third kappa shape index (κ3) is 7.23. The first kappa shape index (κ1) is 20.9. The van der Waals surface area contributed by atoms with Crippen LogP contribution in [-0.2, 0) is 16.0 Å². The summed E-state index contributed by atoms with van der Waals surface area (Å²) in [5.74, 6) is -0.143. The van der Waals surface area contributed by atoms with Crippen LogP contribution in [0.3, 0.4) is 0 Å². The molecule has 3 aromatic rings. The van der Waals surface area contributed by atoms with Crippen LogP contribution in [0.2, 0.25) is 0 Å². The highest BCUT2D eigenvalue weighted by Gasteiger charge is 2.05. The molecule has 3 rings (SSSR count). The third-order valence-electron chi connectivity index (χ3n) is 4.23. The van der Waals surface area contributed by atoms with Crippen LogP contribution in [0.15, 0.2) is 78.9 Å². The average Bonchev–Trinajstić information content (AvgIpc) is 2.74. The van der Waals surface area contributed by atoms with E-state index in [0.29, 0.717) is 12.8 Å². The van der Waals surface area contributed by atoms with Gasteiger partial charge >= 0.3 is 0 Å². The quantitative estimate of drug-likeness (QED) is 0.386. The standard InChI is InChI=1S/C23H22IN3O2/c24-18-7-9-20(10-8-18)27-23(29)16-25-19-11-13-21(14-12-19)26-22(28)15-6-17-4-2-1-3-5-17/h1-5,7-14,25H,6,15-16H2,(H,26,28)(H,27,29). The molecule has 2 amide bonds. The molecule has 0 atom stereocenters. The van der Waals surface area contributed by atoms with Crippen LogP contribution in [-0.4, -0.2) is 18.4 Å². The summed E-state index contributed by atoms with van der Waals surface area (Å²) >= 11 is 2.22. The lowest BCUT2D eigenvalue weighted by Gasteiger charge is -2.09. The number of hydrogen-bond acceptors (Lipinski definition) is 3. The monoisotopic (exact) mass is 499 g/mol. The van der Waals surface area contributed by atoms with Crippen molar-refractivity contribution in [3.05, 3.63) is 88.0 Å². The van der Waals surface area contributed by atoms with E-state index in [0.717, 1.165) is 26.2 Å². The van der Waals surface area contributed by atoms with Gasteiger partial charge in [-0.2, -0.15) is 0 Å². The van der Waals surface area contributed by atoms with Crippen molar-refractivity contribution < 1.29 is 9.59 Å². The Morgan fingerprint density at radius 3 is 1.90 bits per heavy atom. The van der Waals surface area contributed by atoms with Crippen molar-refractivity contribution >= 4 is 51.5 Å². The lowest BCUT2D eigenvalue weighted by atomic mass is 10.1. The Morgan fingerprint density at radius 2 is 1.24 bits per heavy atom. The molecule has 0 spiro atoms. The average molecular weight is 499 g/mol. The largest absolute Gasteiger partial charge is 0.376 e. The first-order valence-electron chi connectivity index (χ1n) is 9.31. The van der Waals surface area contributed by atoms with Crippen molar-refractivity contribution in [2.45, 2.75) is 12.8 Å². The maximum absolute atomic E-state index is 12.1. The van der Waals surface area contributed by atoms with Gasteiger partial charge in [0.05, 0.1) is 6.54 Å². The molecule has 0 aromatic heterocycles. The number of carbonyl (C=O) groups is 2. The Labute approximate surface area is 184 Å². The molecule has 29 heavy (non-hydrogen) atoms. The summed E-state index contributed by atoms with van der Waals surface area (Å²) in [6.07, 6.45) is 1.14. The Kier molecular flexibility index (Phi) is 7.63. The zero-order chi connectivity index (χ0) is 20.5. The van der Waals surface area contributed by atoms with E-state index >= 15 is 0 Å². The maximum Gasteiger partial charge on any atom is 0.243 e. The van der Waals surface area contributed by atoms with Crippen molar-refractivity contribution in [3.8, 4) is 0 Å². The van der Waals surface area contributed by atoms with E-state index in [1.54, 1.807) is 0 Å². The molecular formula is C23H22IN3O2. The fraction of sp³-hybridized carbons (Fsp3) is 0.130. The fourth-order valence-electron chi connectivity index (χ4n) is 2.72. The second kappa shape index (κ2) is 10.6. The molecule has 0 aliphatic carbocycles. The molecule has 0 heterocycles. The molecule has 6 heteroatoms. The van der Waals surface area contributed by atoms with Gasteiger partial charge in [0.15, 0.2) is 0 Å². The number of benzene rings is 3. The lowest BCUT2D eigenvalue weighted by molar-refractivity contribution is -0.116. The van der Waals surface area contributed by atoms with Crippen LogP contribution in [0.5, 0.6) is 0 Å². The molecule has 148 valence electrons. The SMILES string of the molecule is O=C(CCc1ccccc1)Nc1ccc(NCC(=O)Nc2ccc(I)cc2)cc1. The lowest BCUT2D eigenvalue weighted by Crippen LogP contribution is -2.21. The molecular weight excluding hydrogens is 477 g/mol. The molecule has 3 N–H and O–H groups in total. The van der Waals surface area contributed by atoms with Crippen LogP contribution in [0.4, 0.5) is 17.1 Å². The number of amides is 2. The van der Waals surface area contributed by atoms with Gasteiger partial charge < -0.3 is 16.0 Å². The summed E-state index contributed by atoms with van der Waals surface area (Å²) in [5.41, 5.74) is 3.46. The zero-order valence-electron chi connectivity index (χ0n) is 15.8. The Morgan fingerprint density at radius 1 is 0.690 bits per heavy atom. The number of nitrogens with one attached hydrogen (secondary N) is 3. The number of hydrogen-bond donors (Lipinski definition) is 3. The second-order valence-corrected chi connectivity index (χ2v) is 7.77. The normalized spacial score (nSPS) is 10.2. The van der Waals surface area contributed by atoms with E-state index in [-0.39, 0.29) is 18.4 Å². The number of aryl methyl sites for hydroxylation is 1. The molecule has 0 aliphatic heterocycles. The van der Waals surface area contributed by atoms with Gasteiger partial charge in [-0.1, -0.05) is 30.3 Å². The highest BCUT2D eigenvalue weighted by atomic mass is 127. The van der Waals surface area contributed by atoms with E-state index in [4.69, 9.17) is 0 Å². The summed E-state index contributed by atoms with van der Waals surface area (Å²) in [6, 6.07) is 24.9. The molecule has 0 radical (unpaired) electrons. The molecule has 3 aromatic carbocycles. The van der Waals surface area contributed by atoms with Gasteiger partial charge in [0.1, 0.15) is 0 Å². The van der Waals surface area contributed by atoms with Gasteiger partial charge in [0, 0.05) is 27.1 Å². The molecule has 0 bridgehead atoms. The van der Waals surface area contributed by atoms with Gasteiger partial charge in [-0.05, 0) is 83.1 Å². The summed E-state index contributed by atoms with van der Waals surface area (Å²) in [5, 5.41) is 8.81. The highest BCUT2D eigenvalue weighted by molar-refractivity contribution is 14.1. The topological polar surface area (TPSA) is 70.2 Å². The fourth-order valence-corrected chi connectivity index (χ4v) is 3.08. The van der Waals surface area contributed by atoms with Gasteiger partial charge in [-0.25, -0.2) is 0 Å². The van der Waals surface area contributed by atoms with Crippen LogP contribution in [0.1, 0.15) is 12.0 Å². The van der Waals surface area contributed by atoms with E-state index in [1.165, 1.54) is 0 Å². The summed E-state index contributed by atoms with van der Waals surface area (Å²) in [7, 11) is 0. The molecule has 5 nitrogen and oxygen atoms in total. The number of anilines is 3. The third-order valence-corrected chi connectivity index (χ3v) is 4.95. The van der Waals surface area contributed by atoms with Gasteiger partial charge in [0.2, 0.25) is 11.8 Å². The van der Waals surface area contributed by atoms with Crippen LogP contribution < -0.4 is 16.0 Å². The number of rotatable bonds is 8. The summed E-state index contributed by atoms with van der Waals surface area (Å²) < 4.78 is 1.12. The zero-order valence-corrected chi connectivity index (χ0v) is 18.0. The molecule has 0 unspecified atom stereocenters. The van der Waals surface area contributed by atoms with E-state index in [1.807, 2.05) is 78.9 Å². The highest BCUT2D eigenvalue weighted by Crippen LogP contribution is 2.15. The van der Waals surface area contributed by atoms with E-state index in [9.17, 15) is 9.59 Å². The van der Waals surface area contributed by atoms with Gasteiger partial charge in [0.25, 0.3) is 0 Å². The molecule has 0 aliphatic rings. The summed E-state index contributed by atoms with van der Waals surface area (Å²) in [4.78, 5) is 24.1. The van der Waals surface area contributed by atoms with Crippen LogP contribution in [0, 0.1) is 3.57 Å².